The molecule has 2 aromatic rings. The highest BCUT2D eigenvalue weighted by molar-refractivity contribution is 7.95. The van der Waals surface area contributed by atoms with Crippen molar-refractivity contribution in [2.24, 2.45) is 11.8 Å². The number of aromatic nitrogens is 1. The van der Waals surface area contributed by atoms with Crippen molar-refractivity contribution in [2.75, 3.05) is 35.0 Å². The molecule has 3 N–H and O–H groups in total. The van der Waals surface area contributed by atoms with Gasteiger partial charge in [-0.15, -0.1) is 0 Å². The van der Waals surface area contributed by atoms with Gasteiger partial charge < -0.3 is 15.5 Å². The monoisotopic (exact) mass is 521 g/mol. The number of hydrogen-bond acceptors (Lipinski definition) is 6. The van der Waals surface area contributed by atoms with Crippen LogP contribution in [-0.2, 0) is 14.8 Å². The normalized spacial score (nSPS) is 22.1. The molecule has 3 saturated carbocycles. The van der Waals surface area contributed by atoms with Crippen LogP contribution in [0.1, 0.15) is 55.7 Å². The van der Waals surface area contributed by atoms with Gasteiger partial charge in [0, 0.05) is 48.1 Å². The van der Waals surface area contributed by atoms with E-state index in [0.29, 0.717) is 29.1 Å². The molecule has 1 aliphatic heterocycles. The lowest BCUT2D eigenvalue weighted by Gasteiger charge is -2.43. The zero-order valence-corrected chi connectivity index (χ0v) is 22.1. The summed E-state index contributed by atoms with van der Waals surface area (Å²) in [5, 5.41) is 0.905. The second-order valence-electron chi connectivity index (χ2n) is 11.1. The maximum atomic E-state index is 13.0. The molecule has 1 aromatic heterocycles. The number of hydrogen-bond donors (Lipinski definition) is 2. The predicted octanol–water partition coefficient (Wildman–Crippen LogP) is 4.24. The number of sulfonamides is 1. The fraction of sp³-hybridized carbons (Fsp3) is 0.500. The first-order valence-electron chi connectivity index (χ1n) is 13.4. The second-order valence-corrected chi connectivity index (χ2v) is 12.7. The van der Waals surface area contributed by atoms with Crippen molar-refractivity contribution in [3.8, 4) is 11.1 Å². The molecule has 4 fully saturated rings. The average molecular weight is 522 g/mol. The molecule has 0 bridgehead atoms. The summed E-state index contributed by atoms with van der Waals surface area (Å²) >= 11 is 0. The molecule has 2 heterocycles. The van der Waals surface area contributed by atoms with Crippen LogP contribution in [-0.4, -0.2) is 49.9 Å². The van der Waals surface area contributed by atoms with Crippen LogP contribution < -0.4 is 15.4 Å². The molecule has 4 aliphatic rings. The first kappa shape index (κ1) is 24.3. The Bertz CT molecular complexity index is 1360. The molecule has 1 saturated heterocycles. The molecule has 1 aromatic carbocycles. The molecule has 9 heteroatoms. The van der Waals surface area contributed by atoms with Crippen molar-refractivity contribution >= 4 is 33.1 Å². The molecule has 0 spiro atoms. The SMILES string of the molecule is C=CS(=O)(=O)Nc1cccc(-c2c(C3CC3)nc(N3CCN(C(=O)C4CC4)[C@H](C4CC4)C3)c(N)c2C)c1. The molecule has 6 rings (SSSR count). The van der Waals surface area contributed by atoms with Crippen molar-refractivity contribution in [2.45, 2.75) is 57.4 Å². The van der Waals surface area contributed by atoms with Crippen LogP contribution >= 0.6 is 0 Å². The smallest absolute Gasteiger partial charge is 0.254 e. The van der Waals surface area contributed by atoms with Gasteiger partial charge in [-0.05, 0) is 74.6 Å². The van der Waals surface area contributed by atoms with Gasteiger partial charge in [-0.25, -0.2) is 13.4 Å². The summed E-state index contributed by atoms with van der Waals surface area (Å²) in [5.41, 5.74) is 11.8. The minimum Gasteiger partial charge on any atom is -0.396 e. The third kappa shape index (κ3) is 4.81. The highest BCUT2D eigenvalue weighted by Gasteiger charge is 2.45. The Hall–Kier alpha value is -3.07. The number of nitrogen functional groups attached to an aromatic ring is 1. The molecular weight excluding hydrogens is 486 g/mol. The summed E-state index contributed by atoms with van der Waals surface area (Å²) in [6.45, 7) is 7.65. The van der Waals surface area contributed by atoms with E-state index in [9.17, 15) is 13.2 Å². The van der Waals surface area contributed by atoms with Crippen molar-refractivity contribution in [3.63, 3.8) is 0 Å². The van der Waals surface area contributed by atoms with E-state index in [2.05, 4.69) is 21.1 Å². The minimum absolute atomic E-state index is 0.238. The number of nitrogens with one attached hydrogen (secondary N) is 1. The molecular formula is C28H35N5O3S. The zero-order chi connectivity index (χ0) is 25.9. The summed E-state index contributed by atoms with van der Waals surface area (Å²) in [7, 11) is -3.61. The van der Waals surface area contributed by atoms with Crippen LogP contribution in [0.15, 0.2) is 36.3 Å². The Kier molecular flexibility index (Phi) is 5.93. The summed E-state index contributed by atoms with van der Waals surface area (Å²) in [4.78, 5) is 22.6. The van der Waals surface area contributed by atoms with Crippen LogP contribution in [0.5, 0.6) is 0 Å². The number of benzene rings is 1. The number of anilines is 3. The first-order chi connectivity index (χ1) is 17.8. The number of nitrogens with zero attached hydrogens (tertiary/aromatic N) is 3. The molecule has 0 unspecified atom stereocenters. The Morgan fingerprint density at radius 2 is 1.92 bits per heavy atom. The van der Waals surface area contributed by atoms with E-state index < -0.39 is 10.0 Å². The summed E-state index contributed by atoms with van der Waals surface area (Å²) in [6, 6.07) is 7.62. The van der Waals surface area contributed by atoms with Crippen molar-refractivity contribution < 1.29 is 13.2 Å². The number of rotatable bonds is 8. The summed E-state index contributed by atoms with van der Waals surface area (Å²) in [6.07, 6.45) is 6.61. The number of amides is 1. The van der Waals surface area contributed by atoms with E-state index in [-0.39, 0.29) is 12.0 Å². The molecule has 8 nitrogen and oxygen atoms in total. The molecule has 1 amide bonds. The first-order valence-corrected chi connectivity index (χ1v) is 14.9. The van der Waals surface area contributed by atoms with Gasteiger partial charge in [-0.1, -0.05) is 18.7 Å². The third-order valence-electron chi connectivity index (χ3n) is 8.19. The maximum absolute atomic E-state index is 13.0. The van der Waals surface area contributed by atoms with Gasteiger partial charge in [-0.3, -0.25) is 9.52 Å². The van der Waals surface area contributed by atoms with E-state index in [1.54, 1.807) is 6.07 Å². The fourth-order valence-corrected chi connectivity index (χ4v) is 6.19. The number of pyridine rings is 1. The molecule has 37 heavy (non-hydrogen) atoms. The summed E-state index contributed by atoms with van der Waals surface area (Å²) < 4.78 is 26.6. The Morgan fingerprint density at radius 1 is 1.16 bits per heavy atom. The molecule has 0 radical (unpaired) electrons. The highest BCUT2D eigenvalue weighted by atomic mass is 32.2. The predicted molar refractivity (Wildman–Crippen MR) is 147 cm³/mol. The largest absolute Gasteiger partial charge is 0.396 e. The Morgan fingerprint density at radius 3 is 2.57 bits per heavy atom. The van der Waals surface area contributed by atoms with Crippen molar-refractivity contribution in [1.29, 1.82) is 0 Å². The number of nitrogens with two attached hydrogens (primary N) is 1. The zero-order valence-electron chi connectivity index (χ0n) is 21.3. The highest BCUT2D eigenvalue weighted by Crippen LogP contribution is 2.48. The van der Waals surface area contributed by atoms with Gasteiger partial charge in [0.25, 0.3) is 10.0 Å². The van der Waals surface area contributed by atoms with Gasteiger partial charge in [0.1, 0.15) is 0 Å². The topological polar surface area (TPSA) is 109 Å². The lowest BCUT2D eigenvalue weighted by atomic mass is 9.94. The Balaban J connectivity index is 1.34. The van der Waals surface area contributed by atoms with Crippen LogP contribution in [0.4, 0.5) is 17.2 Å². The number of carbonyl (C=O) groups excluding carboxylic acids is 1. The molecule has 1 atom stereocenters. The standard InChI is InChI=1S/C28H35N5O3S/c1-3-37(35,36)31-22-6-4-5-21(15-22)24-17(2)25(29)27(30-26(24)19-9-10-19)32-13-14-33(28(34)20-11-12-20)23(16-32)18-7-8-18/h3-6,15,18-20,23,31H,1,7-14,16,29H2,2H3/t23-/m0/s1. The van der Waals surface area contributed by atoms with Crippen LogP contribution in [0.3, 0.4) is 0 Å². The second kappa shape index (κ2) is 9.04. The number of carbonyl (C=O) groups is 1. The lowest BCUT2D eigenvalue weighted by Crippen LogP contribution is -2.57. The van der Waals surface area contributed by atoms with Gasteiger partial charge in [-0.2, -0.15) is 0 Å². The van der Waals surface area contributed by atoms with Gasteiger partial charge in [0.05, 0.1) is 17.4 Å². The van der Waals surface area contributed by atoms with E-state index in [0.717, 1.165) is 78.9 Å². The third-order valence-corrected chi connectivity index (χ3v) is 9.15. The summed E-state index contributed by atoms with van der Waals surface area (Å²) in [5.74, 6) is 2.37. The van der Waals surface area contributed by atoms with Crippen LogP contribution in [0, 0.1) is 18.8 Å². The quantitative estimate of drug-likeness (QED) is 0.538. The van der Waals surface area contributed by atoms with E-state index in [1.807, 2.05) is 25.1 Å². The van der Waals surface area contributed by atoms with Gasteiger partial charge in [0.2, 0.25) is 5.91 Å². The van der Waals surface area contributed by atoms with E-state index in [4.69, 9.17) is 10.7 Å². The Labute approximate surface area is 219 Å². The maximum Gasteiger partial charge on any atom is 0.254 e. The van der Waals surface area contributed by atoms with Gasteiger partial charge >= 0.3 is 0 Å². The van der Waals surface area contributed by atoms with E-state index in [1.165, 1.54) is 12.8 Å². The number of piperazine rings is 1. The molecule has 3 aliphatic carbocycles. The van der Waals surface area contributed by atoms with Crippen molar-refractivity contribution in [3.05, 3.63) is 47.5 Å². The fourth-order valence-electron chi connectivity index (χ4n) is 5.65. The molecule has 196 valence electrons. The lowest BCUT2D eigenvalue weighted by molar-refractivity contribution is -0.135. The van der Waals surface area contributed by atoms with Crippen molar-refractivity contribution in [1.82, 2.24) is 9.88 Å². The minimum atomic E-state index is -3.61. The average Bonchev–Trinajstić information content (AvgIpc) is 3.72. The van der Waals surface area contributed by atoms with Gasteiger partial charge in [0.15, 0.2) is 5.82 Å². The van der Waals surface area contributed by atoms with Crippen LogP contribution in [0.25, 0.3) is 11.1 Å². The van der Waals surface area contributed by atoms with E-state index >= 15 is 0 Å². The van der Waals surface area contributed by atoms with Crippen LogP contribution in [0.2, 0.25) is 0 Å².